The van der Waals surface area contributed by atoms with Crippen LogP contribution in [0.3, 0.4) is 0 Å². The third kappa shape index (κ3) is 2.18. The molecule has 3 rings (SSSR count). The molecule has 5 heteroatoms. The molecule has 1 aromatic carbocycles. The summed E-state index contributed by atoms with van der Waals surface area (Å²) in [6.45, 7) is 1.85. The predicted molar refractivity (Wildman–Crippen MR) is 73.6 cm³/mol. The Hall–Kier alpha value is -2.20. The SMILES string of the molecule is Cc1ccc2oc(C(=O)c3ccc(F)cc3Cl)cc2n1. The summed E-state index contributed by atoms with van der Waals surface area (Å²) in [6, 6.07) is 8.73. The second-order valence-corrected chi connectivity index (χ2v) is 4.81. The molecule has 0 aliphatic rings. The van der Waals surface area contributed by atoms with Crippen molar-refractivity contribution in [2.45, 2.75) is 6.92 Å². The van der Waals surface area contributed by atoms with Crippen LogP contribution >= 0.6 is 11.6 Å². The van der Waals surface area contributed by atoms with Crippen LogP contribution in [0.2, 0.25) is 5.02 Å². The predicted octanol–water partition coefficient (Wildman–Crippen LogP) is 4.16. The Bertz CT molecular complexity index is 826. The van der Waals surface area contributed by atoms with Crippen molar-refractivity contribution in [1.82, 2.24) is 4.98 Å². The second kappa shape index (κ2) is 4.72. The van der Waals surface area contributed by atoms with Crippen molar-refractivity contribution in [1.29, 1.82) is 0 Å². The fraction of sp³-hybridized carbons (Fsp3) is 0.0667. The Morgan fingerprint density at radius 3 is 2.80 bits per heavy atom. The highest BCUT2D eigenvalue weighted by atomic mass is 35.5. The molecule has 0 N–H and O–H groups in total. The van der Waals surface area contributed by atoms with E-state index < -0.39 is 11.6 Å². The van der Waals surface area contributed by atoms with Crippen LogP contribution in [-0.2, 0) is 0 Å². The van der Waals surface area contributed by atoms with Gasteiger partial charge in [-0.05, 0) is 37.3 Å². The van der Waals surface area contributed by atoms with Crippen molar-refractivity contribution < 1.29 is 13.6 Å². The maximum absolute atomic E-state index is 13.0. The summed E-state index contributed by atoms with van der Waals surface area (Å²) in [5.74, 6) is -0.759. The Kier molecular flexibility index (Phi) is 3.03. The summed E-state index contributed by atoms with van der Waals surface area (Å²) < 4.78 is 18.5. The number of nitrogens with zero attached hydrogens (tertiary/aromatic N) is 1. The van der Waals surface area contributed by atoms with E-state index in [1.807, 2.05) is 6.92 Å². The number of hydrogen-bond acceptors (Lipinski definition) is 3. The number of rotatable bonds is 2. The van der Waals surface area contributed by atoms with Crippen molar-refractivity contribution in [2.24, 2.45) is 0 Å². The van der Waals surface area contributed by atoms with Gasteiger partial charge in [-0.15, -0.1) is 0 Å². The lowest BCUT2D eigenvalue weighted by Gasteiger charge is -2.00. The van der Waals surface area contributed by atoms with Crippen molar-refractivity contribution in [3.05, 3.63) is 64.3 Å². The Morgan fingerprint density at radius 1 is 1.25 bits per heavy atom. The standard InChI is InChI=1S/C15H9ClFNO2/c1-8-2-5-13-12(18-8)7-14(20-13)15(19)10-4-3-9(17)6-11(10)16/h2-7H,1H3. The molecule has 0 radical (unpaired) electrons. The summed E-state index contributed by atoms with van der Waals surface area (Å²) >= 11 is 5.88. The highest BCUT2D eigenvalue weighted by Gasteiger charge is 2.18. The molecular formula is C15H9ClFNO2. The first-order valence-electron chi connectivity index (χ1n) is 5.91. The fourth-order valence-corrected chi connectivity index (χ4v) is 2.20. The zero-order valence-corrected chi connectivity index (χ0v) is 11.2. The number of benzene rings is 1. The molecule has 2 aromatic heterocycles. The van der Waals surface area contributed by atoms with Crippen LogP contribution in [0.1, 0.15) is 21.8 Å². The summed E-state index contributed by atoms with van der Waals surface area (Å²) in [6.07, 6.45) is 0. The number of furan rings is 1. The van der Waals surface area contributed by atoms with Crippen molar-refractivity contribution in [2.75, 3.05) is 0 Å². The molecule has 0 aliphatic heterocycles. The van der Waals surface area contributed by atoms with E-state index in [0.29, 0.717) is 11.1 Å². The van der Waals surface area contributed by atoms with Gasteiger partial charge in [-0.2, -0.15) is 0 Å². The van der Waals surface area contributed by atoms with Crippen molar-refractivity contribution >= 4 is 28.5 Å². The van der Waals surface area contributed by atoms with E-state index in [-0.39, 0.29) is 16.3 Å². The molecule has 0 saturated carbocycles. The molecule has 3 nitrogen and oxygen atoms in total. The molecule has 0 aliphatic carbocycles. The van der Waals surface area contributed by atoms with E-state index in [1.54, 1.807) is 18.2 Å². The molecule has 20 heavy (non-hydrogen) atoms. The van der Waals surface area contributed by atoms with Crippen molar-refractivity contribution in [3.8, 4) is 0 Å². The van der Waals surface area contributed by atoms with Gasteiger partial charge in [0.2, 0.25) is 5.78 Å². The van der Waals surface area contributed by atoms with Crippen LogP contribution in [0.5, 0.6) is 0 Å². The molecule has 0 amide bonds. The zero-order chi connectivity index (χ0) is 14.3. The van der Waals surface area contributed by atoms with Crippen LogP contribution in [0.25, 0.3) is 11.1 Å². The number of carbonyl (C=O) groups is 1. The number of aromatic nitrogens is 1. The van der Waals surface area contributed by atoms with Gasteiger partial charge < -0.3 is 4.42 Å². The first kappa shape index (κ1) is 12.8. The lowest BCUT2D eigenvalue weighted by molar-refractivity contribution is 0.101. The summed E-state index contributed by atoms with van der Waals surface area (Å²) in [7, 11) is 0. The average Bonchev–Trinajstić information content (AvgIpc) is 2.81. The Labute approximate surface area is 119 Å². The first-order valence-corrected chi connectivity index (χ1v) is 6.29. The molecule has 0 atom stereocenters. The number of halogens is 2. The van der Waals surface area contributed by atoms with Gasteiger partial charge in [0, 0.05) is 17.3 Å². The average molecular weight is 290 g/mol. The molecule has 0 saturated heterocycles. The maximum Gasteiger partial charge on any atom is 0.229 e. The summed E-state index contributed by atoms with van der Waals surface area (Å²) in [5.41, 5.74) is 2.16. The van der Waals surface area contributed by atoms with E-state index >= 15 is 0 Å². The molecule has 3 aromatic rings. The molecule has 0 bridgehead atoms. The third-order valence-corrected chi connectivity index (χ3v) is 3.23. The van der Waals surface area contributed by atoms with Gasteiger partial charge in [0.1, 0.15) is 11.3 Å². The van der Waals surface area contributed by atoms with E-state index in [9.17, 15) is 9.18 Å². The minimum atomic E-state index is -0.492. The number of hydrogen-bond donors (Lipinski definition) is 0. The largest absolute Gasteiger partial charge is 0.451 e. The molecule has 0 unspecified atom stereocenters. The van der Waals surface area contributed by atoms with E-state index in [0.717, 1.165) is 11.8 Å². The zero-order valence-electron chi connectivity index (χ0n) is 10.5. The minimum Gasteiger partial charge on any atom is -0.451 e. The summed E-state index contributed by atoms with van der Waals surface area (Å²) in [5, 5.41) is 0.0552. The normalized spacial score (nSPS) is 10.9. The third-order valence-electron chi connectivity index (χ3n) is 2.91. The first-order chi connectivity index (χ1) is 9.54. The number of fused-ring (bicyclic) bond motifs is 1. The van der Waals surface area contributed by atoms with E-state index in [1.165, 1.54) is 12.1 Å². The topological polar surface area (TPSA) is 43.1 Å². The van der Waals surface area contributed by atoms with Crippen LogP contribution < -0.4 is 0 Å². The van der Waals surface area contributed by atoms with Gasteiger partial charge in [-0.3, -0.25) is 4.79 Å². The molecule has 0 fully saturated rings. The molecule has 0 spiro atoms. The molecule has 2 heterocycles. The summed E-state index contributed by atoms with van der Waals surface area (Å²) in [4.78, 5) is 16.6. The van der Waals surface area contributed by atoms with Gasteiger partial charge in [0.05, 0.1) is 5.02 Å². The van der Waals surface area contributed by atoms with Gasteiger partial charge in [0.15, 0.2) is 11.3 Å². The number of ketones is 1. The quantitative estimate of drug-likeness (QED) is 0.665. The van der Waals surface area contributed by atoms with Gasteiger partial charge in [-0.25, -0.2) is 9.37 Å². The molecule has 100 valence electrons. The van der Waals surface area contributed by atoms with E-state index in [4.69, 9.17) is 16.0 Å². The minimum absolute atomic E-state index is 0.0552. The Morgan fingerprint density at radius 2 is 2.05 bits per heavy atom. The van der Waals surface area contributed by atoms with Crippen LogP contribution in [0.15, 0.2) is 40.8 Å². The van der Waals surface area contributed by atoms with Gasteiger partial charge in [-0.1, -0.05) is 11.6 Å². The fourth-order valence-electron chi connectivity index (χ4n) is 1.94. The smallest absolute Gasteiger partial charge is 0.229 e. The Balaban J connectivity index is 2.08. The van der Waals surface area contributed by atoms with Crippen LogP contribution in [0, 0.1) is 12.7 Å². The van der Waals surface area contributed by atoms with Crippen LogP contribution in [0.4, 0.5) is 4.39 Å². The number of carbonyl (C=O) groups excluding carboxylic acids is 1. The van der Waals surface area contributed by atoms with Gasteiger partial charge in [0.25, 0.3) is 0 Å². The van der Waals surface area contributed by atoms with Gasteiger partial charge >= 0.3 is 0 Å². The van der Waals surface area contributed by atoms with E-state index in [2.05, 4.69) is 4.98 Å². The highest BCUT2D eigenvalue weighted by molar-refractivity contribution is 6.34. The van der Waals surface area contributed by atoms with Crippen molar-refractivity contribution in [3.63, 3.8) is 0 Å². The number of pyridine rings is 1. The highest BCUT2D eigenvalue weighted by Crippen LogP contribution is 2.24. The van der Waals surface area contributed by atoms with Crippen LogP contribution in [-0.4, -0.2) is 10.8 Å². The number of aryl methyl sites for hydroxylation is 1. The lowest BCUT2D eigenvalue weighted by atomic mass is 10.1. The lowest BCUT2D eigenvalue weighted by Crippen LogP contribution is -2.00. The molecular weight excluding hydrogens is 281 g/mol. The second-order valence-electron chi connectivity index (χ2n) is 4.40. The maximum atomic E-state index is 13.0. The monoisotopic (exact) mass is 289 g/mol.